The zero-order valence-electron chi connectivity index (χ0n) is 61.8. The first-order valence-electron chi connectivity index (χ1n) is 36.3. The smallest absolute Gasteiger partial charge is 0.298 e. The van der Waals surface area contributed by atoms with E-state index in [0.29, 0.717) is 59.3 Å². The highest BCUT2D eigenvalue weighted by Gasteiger charge is 2.36. The van der Waals surface area contributed by atoms with Gasteiger partial charge in [-0.2, -0.15) is 4.98 Å². The first-order chi connectivity index (χ1) is 47.2. The standard InChI is InChI=1S/C26H38N6O.C26H37N5O2.C26H37N5OS/c1-18(2)10-11-19(14-20-16-27-22-9-7-6-8-21(20)22)15-23(33)24-28-25(30-29-24)32-13-12-31(5)26(3,4)17-32;1-18(2)10-11-20(14-19-15-27-22-9-7-6-8-21(19)22)29-24(32)23-16-28-25(33-23)31-13-12-30(5)26(3,4)17-31;1-18(2)10-11-19(14-20-16-27-22-9-7-6-8-21(20)22)15-23(32)24-28-29-25(33-24)31-13-12-30(5)26(3,4)17-31/h6-9,16,18-19,27H,10-15,17H2,1-5H3,(H,28,29,30);6-9,15-16,18,20,27H,10-14,17H2,1-5H3,(H,29,32);6-9,16,18-19,27H,10-15,17H2,1-5H3. The summed E-state index contributed by atoms with van der Waals surface area (Å²) < 4.78 is 5.92. The van der Waals surface area contributed by atoms with Crippen LogP contribution in [-0.4, -0.2) is 180 Å². The maximum absolute atomic E-state index is 13.2. The first-order valence-corrected chi connectivity index (χ1v) is 37.1. The number of hydrogen-bond acceptors (Lipinski definition) is 16. The van der Waals surface area contributed by atoms with E-state index >= 15 is 0 Å². The van der Waals surface area contributed by atoms with E-state index in [4.69, 9.17) is 4.42 Å². The van der Waals surface area contributed by atoms with Crippen molar-refractivity contribution >= 4 is 78.6 Å². The van der Waals surface area contributed by atoms with Crippen LogP contribution in [0, 0.1) is 29.6 Å². The van der Waals surface area contributed by atoms with Crippen LogP contribution in [-0.2, 0) is 19.3 Å². The van der Waals surface area contributed by atoms with Gasteiger partial charge in [-0.25, -0.2) is 4.98 Å². The monoisotopic (exact) mass is 1370 g/mol. The molecule has 21 heteroatoms. The van der Waals surface area contributed by atoms with Crippen LogP contribution < -0.4 is 20.0 Å². The van der Waals surface area contributed by atoms with Crippen molar-refractivity contribution < 1.29 is 18.8 Å². The van der Waals surface area contributed by atoms with E-state index in [1.54, 1.807) is 6.20 Å². The van der Waals surface area contributed by atoms with E-state index in [1.165, 1.54) is 44.2 Å². The molecule has 9 heterocycles. The molecule has 3 atom stereocenters. The molecule has 3 unspecified atom stereocenters. The van der Waals surface area contributed by atoms with Crippen LogP contribution >= 0.6 is 11.3 Å². The Morgan fingerprint density at radius 1 is 0.545 bits per heavy atom. The molecule has 99 heavy (non-hydrogen) atoms. The van der Waals surface area contributed by atoms with Crippen molar-refractivity contribution in [1.29, 1.82) is 0 Å². The van der Waals surface area contributed by atoms with Crippen LogP contribution in [0.3, 0.4) is 0 Å². The Morgan fingerprint density at radius 2 is 0.990 bits per heavy atom. The van der Waals surface area contributed by atoms with Gasteiger partial charge in [0.1, 0.15) is 0 Å². The number of aromatic amines is 4. The van der Waals surface area contributed by atoms with Gasteiger partial charge in [0.2, 0.25) is 16.8 Å². The molecule has 3 aliphatic heterocycles. The van der Waals surface area contributed by atoms with Crippen molar-refractivity contribution in [3.63, 3.8) is 0 Å². The Kier molecular flexibility index (Phi) is 24.5. The summed E-state index contributed by atoms with van der Waals surface area (Å²) in [4.78, 5) is 72.3. The van der Waals surface area contributed by atoms with Crippen LogP contribution in [0.4, 0.5) is 17.1 Å². The maximum Gasteiger partial charge on any atom is 0.298 e. The maximum atomic E-state index is 13.2. The Morgan fingerprint density at radius 3 is 1.49 bits per heavy atom. The van der Waals surface area contributed by atoms with Crippen molar-refractivity contribution in [2.45, 2.75) is 176 Å². The van der Waals surface area contributed by atoms with Crippen LogP contribution in [0.5, 0.6) is 0 Å². The highest BCUT2D eigenvalue weighted by molar-refractivity contribution is 7.17. The van der Waals surface area contributed by atoms with Gasteiger partial charge in [0.15, 0.2) is 22.4 Å². The van der Waals surface area contributed by atoms with Crippen molar-refractivity contribution in [3.05, 3.63) is 131 Å². The summed E-state index contributed by atoms with van der Waals surface area (Å²) in [5.41, 5.74) is 7.38. The highest BCUT2D eigenvalue weighted by atomic mass is 32.1. The van der Waals surface area contributed by atoms with Crippen molar-refractivity contribution in [2.75, 3.05) is 94.7 Å². The van der Waals surface area contributed by atoms with Gasteiger partial charge in [0.25, 0.3) is 11.9 Å². The van der Waals surface area contributed by atoms with E-state index in [-0.39, 0.29) is 51.8 Å². The summed E-state index contributed by atoms with van der Waals surface area (Å²) in [5.74, 6) is 3.66. The fraction of sp³-hybridized carbons (Fsp3) is 0.564. The number of H-pyrrole nitrogens is 4. The topological polar surface area (TPSA) is 223 Å². The van der Waals surface area contributed by atoms with Gasteiger partial charge in [0, 0.05) is 146 Å². The first kappa shape index (κ1) is 74.0. The Labute approximate surface area is 591 Å². The predicted octanol–water partition coefficient (Wildman–Crippen LogP) is 14.6. The van der Waals surface area contributed by atoms with E-state index in [1.807, 2.05) is 12.1 Å². The minimum Gasteiger partial charge on any atom is -0.418 e. The summed E-state index contributed by atoms with van der Waals surface area (Å²) in [7, 11) is 6.45. The third-order valence-electron chi connectivity index (χ3n) is 21.1. The second-order valence-corrected chi connectivity index (χ2v) is 32.6. The van der Waals surface area contributed by atoms with Gasteiger partial charge < -0.3 is 39.4 Å². The molecule has 0 spiro atoms. The number of likely N-dealkylation sites (N-methyl/N-ethyl adjacent to an activating group) is 3. The number of nitrogens with zero attached hydrogens (tertiary/aromatic N) is 11. The average Bonchev–Trinajstić information content (AvgIpc) is 1.70. The van der Waals surface area contributed by atoms with Gasteiger partial charge in [-0.3, -0.25) is 34.2 Å². The molecule has 3 fully saturated rings. The number of ketones is 2. The van der Waals surface area contributed by atoms with E-state index in [2.05, 4.69) is 264 Å². The van der Waals surface area contributed by atoms with Gasteiger partial charge in [-0.15, -0.1) is 15.3 Å². The number of fused-ring (bicyclic) bond motifs is 3. The van der Waals surface area contributed by atoms with Gasteiger partial charge in [-0.1, -0.05) is 120 Å². The number of Topliss-reactive ketones (excluding diaryl/α,β-unsaturated/α-hetero) is 2. The summed E-state index contributed by atoms with van der Waals surface area (Å²) in [6.45, 7) is 34.8. The molecule has 3 aromatic carbocycles. The minimum atomic E-state index is -0.198. The summed E-state index contributed by atoms with van der Waals surface area (Å²) in [6.07, 6.45) is 17.6. The van der Waals surface area contributed by atoms with Crippen LogP contribution in [0.1, 0.15) is 182 Å². The van der Waals surface area contributed by atoms with E-state index in [9.17, 15) is 14.4 Å². The SMILES string of the molecule is CC(C)CCC(CC(=O)c1nc(N2CCN(C)C(C)(C)C2)n[nH]1)Cc1c[nH]c2ccccc12.CC(C)CCC(CC(=O)c1nnc(N2CCN(C)C(C)(C)C2)s1)Cc1c[nH]c2ccccc12.CC(C)CCC(Cc1c[nH]c2ccccc12)NC(=O)c1cnc(N2CCN(C)C(C)(C)C2)o1. The van der Waals surface area contributed by atoms with Crippen molar-refractivity contribution in [1.82, 2.24) is 65.3 Å². The molecule has 0 aliphatic carbocycles. The number of amides is 1. The number of hydrogen-bond donors (Lipinski definition) is 5. The Hall–Kier alpha value is -7.72. The number of carbonyl (C=O) groups excluding carboxylic acids is 3. The lowest BCUT2D eigenvalue weighted by Gasteiger charge is -2.45. The quantitative estimate of drug-likeness (QED) is 0.0318. The second-order valence-electron chi connectivity index (χ2n) is 31.6. The number of para-hydroxylation sites is 3. The molecule has 534 valence electrons. The van der Waals surface area contributed by atoms with Gasteiger partial charge >= 0.3 is 0 Å². The zero-order valence-corrected chi connectivity index (χ0v) is 62.6. The number of piperazine rings is 3. The van der Waals surface area contributed by atoms with Crippen LogP contribution in [0.2, 0.25) is 0 Å². The van der Waals surface area contributed by atoms with E-state index in [0.717, 1.165) is 138 Å². The molecule has 5 N–H and O–H groups in total. The molecule has 6 aromatic heterocycles. The number of anilines is 3. The predicted molar refractivity (Wildman–Crippen MR) is 404 cm³/mol. The van der Waals surface area contributed by atoms with Crippen molar-refractivity contribution in [3.8, 4) is 0 Å². The zero-order chi connectivity index (χ0) is 70.8. The average molecular weight is 1370 g/mol. The van der Waals surface area contributed by atoms with Crippen molar-refractivity contribution in [2.24, 2.45) is 29.6 Å². The Bertz CT molecular complexity index is 3660. The minimum absolute atomic E-state index is 0.0234. The molecular weight excluding hydrogens is 1260 g/mol. The summed E-state index contributed by atoms with van der Waals surface area (Å²) in [6, 6.07) is 25.6. The number of nitrogens with one attached hydrogen (secondary N) is 5. The normalized spacial score (nSPS) is 17.7. The molecule has 9 aromatic rings. The lowest BCUT2D eigenvalue weighted by atomic mass is 9.88. The Balaban J connectivity index is 0.000000161. The number of rotatable bonds is 26. The summed E-state index contributed by atoms with van der Waals surface area (Å²) in [5, 5.41) is 24.4. The van der Waals surface area contributed by atoms with E-state index < -0.39 is 0 Å². The summed E-state index contributed by atoms with van der Waals surface area (Å²) >= 11 is 1.46. The fourth-order valence-electron chi connectivity index (χ4n) is 13.9. The molecule has 3 aliphatic rings. The molecule has 12 rings (SSSR count). The third kappa shape index (κ3) is 19.4. The van der Waals surface area contributed by atoms with Crippen LogP contribution in [0.25, 0.3) is 32.7 Å². The molecular formula is C78H112N16O4S. The molecule has 1 amide bonds. The third-order valence-corrected chi connectivity index (χ3v) is 22.1. The largest absolute Gasteiger partial charge is 0.418 e. The lowest BCUT2D eigenvalue weighted by molar-refractivity contribution is 0.0902. The molecule has 0 radical (unpaired) electrons. The number of carbonyl (C=O) groups is 3. The van der Waals surface area contributed by atoms with Crippen LogP contribution in [0.15, 0.2) is 102 Å². The number of oxazole rings is 1. The molecule has 3 saturated heterocycles. The highest BCUT2D eigenvalue weighted by Crippen LogP contribution is 2.33. The second kappa shape index (κ2) is 32.7. The lowest BCUT2D eigenvalue weighted by Crippen LogP contribution is -2.58. The van der Waals surface area contributed by atoms with Gasteiger partial charge in [0.05, 0.1) is 6.20 Å². The number of aromatic nitrogens is 9. The molecule has 0 bridgehead atoms. The molecule has 20 nitrogen and oxygen atoms in total. The van der Waals surface area contributed by atoms with Gasteiger partial charge in [-0.05, 0) is 172 Å². The fourth-order valence-corrected chi connectivity index (χ4v) is 14.7. The molecule has 0 saturated carbocycles. The number of benzene rings is 3.